The molecule has 0 aromatic carbocycles. The topological polar surface area (TPSA) is 50.7 Å². The van der Waals surface area contributed by atoms with Gasteiger partial charge >= 0.3 is 0 Å². The first-order valence-electron chi connectivity index (χ1n) is 3.46. The largest absolute Gasteiger partial charge is 0.393 e. The second-order valence-corrected chi connectivity index (χ2v) is 2.83. The summed E-state index contributed by atoms with van der Waals surface area (Å²) in [5, 5.41) is 12.1. The molecule has 0 amide bonds. The number of hydrogen-bond acceptors (Lipinski definition) is 4. The van der Waals surface area contributed by atoms with Crippen LogP contribution >= 0.6 is 0 Å². The van der Waals surface area contributed by atoms with Crippen LogP contribution in [0.5, 0.6) is 0 Å². The second kappa shape index (κ2) is 2.17. The first kappa shape index (κ1) is 6.54. The number of rotatable bonds is 1. The number of ether oxygens (including phenoxy) is 2. The molecular formula is C6H11NO3. The summed E-state index contributed by atoms with van der Waals surface area (Å²) in [5.41, 5.74) is -0.442. The van der Waals surface area contributed by atoms with Gasteiger partial charge in [0.1, 0.15) is 5.60 Å². The average molecular weight is 145 g/mol. The third kappa shape index (κ3) is 0.845. The number of nitrogens with one attached hydrogen (secondary N) is 1. The van der Waals surface area contributed by atoms with E-state index in [4.69, 9.17) is 14.6 Å². The molecule has 0 aromatic heterocycles. The first-order valence-corrected chi connectivity index (χ1v) is 3.46. The standard InChI is InChI=1S/C6H11NO3/c8-3-6-2-7-1-5(10-6)9-4-6/h5,7-8H,1-4H2. The Bertz CT molecular complexity index is 137. The van der Waals surface area contributed by atoms with E-state index in [1.54, 1.807) is 0 Å². The molecule has 58 valence electrons. The molecule has 10 heavy (non-hydrogen) atoms. The highest BCUT2D eigenvalue weighted by Crippen LogP contribution is 2.24. The van der Waals surface area contributed by atoms with Crippen LogP contribution in [0.15, 0.2) is 0 Å². The van der Waals surface area contributed by atoms with Gasteiger partial charge in [-0.15, -0.1) is 0 Å². The SMILES string of the molecule is OCC12CNCC(OC1)O2. The van der Waals surface area contributed by atoms with E-state index in [1.165, 1.54) is 0 Å². The van der Waals surface area contributed by atoms with E-state index in [2.05, 4.69) is 5.32 Å². The van der Waals surface area contributed by atoms with Gasteiger partial charge in [0.05, 0.1) is 13.2 Å². The zero-order valence-corrected chi connectivity index (χ0v) is 5.67. The van der Waals surface area contributed by atoms with Crippen molar-refractivity contribution in [2.24, 2.45) is 0 Å². The summed E-state index contributed by atoms with van der Waals surface area (Å²) in [5.74, 6) is 0. The van der Waals surface area contributed by atoms with Crippen LogP contribution in [-0.2, 0) is 9.47 Å². The quantitative estimate of drug-likeness (QED) is 0.481. The zero-order chi connectivity index (χ0) is 7.03. The van der Waals surface area contributed by atoms with E-state index in [1.807, 2.05) is 0 Å². The van der Waals surface area contributed by atoms with Gasteiger partial charge < -0.3 is 19.9 Å². The molecule has 2 aliphatic heterocycles. The van der Waals surface area contributed by atoms with Gasteiger partial charge in [0.15, 0.2) is 6.29 Å². The molecule has 2 unspecified atom stereocenters. The highest BCUT2D eigenvalue weighted by Gasteiger charge is 2.43. The van der Waals surface area contributed by atoms with Gasteiger partial charge in [-0.3, -0.25) is 0 Å². The van der Waals surface area contributed by atoms with Crippen molar-refractivity contribution in [1.82, 2.24) is 5.32 Å². The van der Waals surface area contributed by atoms with Crippen molar-refractivity contribution >= 4 is 0 Å². The minimum Gasteiger partial charge on any atom is -0.393 e. The third-order valence-corrected chi connectivity index (χ3v) is 1.96. The molecule has 0 spiro atoms. The minimum absolute atomic E-state index is 0.0382. The lowest BCUT2D eigenvalue weighted by molar-refractivity contribution is -0.122. The fourth-order valence-corrected chi connectivity index (χ4v) is 1.34. The molecule has 2 N–H and O–H groups in total. The average Bonchev–Trinajstić information content (AvgIpc) is 2.29. The van der Waals surface area contributed by atoms with Crippen LogP contribution in [-0.4, -0.2) is 43.3 Å². The monoisotopic (exact) mass is 145 g/mol. The highest BCUT2D eigenvalue weighted by molar-refractivity contribution is 4.91. The normalized spacial score (nSPS) is 45.9. The van der Waals surface area contributed by atoms with Gasteiger partial charge in [-0.1, -0.05) is 0 Å². The molecule has 0 aromatic rings. The molecule has 2 bridgehead atoms. The Labute approximate surface area is 59.1 Å². The summed E-state index contributed by atoms with van der Waals surface area (Å²) in [7, 11) is 0. The van der Waals surface area contributed by atoms with E-state index in [9.17, 15) is 0 Å². The smallest absolute Gasteiger partial charge is 0.171 e. The van der Waals surface area contributed by atoms with Crippen LogP contribution in [0.4, 0.5) is 0 Å². The molecule has 0 aliphatic carbocycles. The van der Waals surface area contributed by atoms with Gasteiger partial charge in [0.2, 0.25) is 0 Å². The molecule has 4 nitrogen and oxygen atoms in total. The van der Waals surface area contributed by atoms with Gasteiger partial charge in [-0.05, 0) is 0 Å². The predicted octanol–water partition coefficient (Wildman–Crippen LogP) is -1.31. The zero-order valence-electron chi connectivity index (χ0n) is 5.67. The molecule has 2 fully saturated rings. The Balaban J connectivity index is 2.10. The van der Waals surface area contributed by atoms with Crippen molar-refractivity contribution in [2.45, 2.75) is 11.9 Å². The van der Waals surface area contributed by atoms with Crippen molar-refractivity contribution < 1.29 is 14.6 Å². The minimum atomic E-state index is -0.442. The Morgan fingerprint density at radius 3 is 3.30 bits per heavy atom. The van der Waals surface area contributed by atoms with Crippen LogP contribution in [0.25, 0.3) is 0 Å². The van der Waals surface area contributed by atoms with Gasteiger partial charge in [0, 0.05) is 13.1 Å². The van der Waals surface area contributed by atoms with Gasteiger partial charge in [-0.2, -0.15) is 0 Å². The summed E-state index contributed by atoms with van der Waals surface area (Å²) < 4.78 is 10.6. The Kier molecular flexibility index (Phi) is 1.42. The number of hydrogen-bond donors (Lipinski definition) is 2. The van der Waals surface area contributed by atoms with Gasteiger partial charge in [0.25, 0.3) is 0 Å². The van der Waals surface area contributed by atoms with Crippen molar-refractivity contribution in [1.29, 1.82) is 0 Å². The molecule has 2 heterocycles. The molecule has 2 saturated heterocycles. The Morgan fingerprint density at radius 1 is 1.70 bits per heavy atom. The molecule has 4 heteroatoms. The van der Waals surface area contributed by atoms with Crippen LogP contribution in [0, 0.1) is 0 Å². The van der Waals surface area contributed by atoms with Crippen LogP contribution in [0.1, 0.15) is 0 Å². The fourth-order valence-electron chi connectivity index (χ4n) is 1.34. The number of aliphatic hydroxyl groups excluding tert-OH is 1. The van der Waals surface area contributed by atoms with E-state index in [0.29, 0.717) is 13.2 Å². The fraction of sp³-hybridized carbons (Fsp3) is 1.00. The van der Waals surface area contributed by atoms with Crippen LogP contribution < -0.4 is 5.32 Å². The second-order valence-electron chi connectivity index (χ2n) is 2.83. The summed E-state index contributed by atoms with van der Waals surface area (Å²) in [6, 6.07) is 0. The maximum atomic E-state index is 8.92. The van der Waals surface area contributed by atoms with Crippen molar-refractivity contribution in [2.75, 3.05) is 26.3 Å². The lowest BCUT2D eigenvalue weighted by Gasteiger charge is -2.29. The van der Waals surface area contributed by atoms with Crippen molar-refractivity contribution in [3.05, 3.63) is 0 Å². The molecule has 0 saturated carbocycles. The molecule has 2 aliphatic rings. The van der Waals surface area contributed by atoms with E-state index in [-0.39, 0.29) is 12.9 Å². The first-order chi connectivity index (χ1) is 4.85. The maximum absolute atomic E-state index is 8.92. The summed E-state index contributed by atoms with van der Waals surface area (Å²) in [6.45, 7) is 1.99. The number of aliphatic hydroxyl groups is 1. The molecule has 0 radical (unpaired) electrons. The number of morpholine rings is 1. The van der Waals surface area contributed by atoms with Crippen LogP contribution in [0.2, 0.25) is 0 Å². The highest BCUT2D eigenvalue weighted by atomic mass is 16.7. The van der Waals surface area contributed by atoms with E-state index >= 15 is 0 Å². The van der Waals surface area contributed by atoms with E-state index in [0.717, 1.165) is 6.54 Å². The van der Waals surface area contributed by atoms with Crippen LogP contribution in [0.3, 0.4) is 0 Å². The van der Waals surface area contributed by atoms with Crippen molar-refractivity contribution in [3.63, 3.8) is 0 Å². The van der Waals surface area contributed by atoms with Crippen molar-refractivity contribution in [3.8, 4) is 0 Å². The lowest BCUT2D eigenvalue weighted by atomic mass is 10.1. The van der Waals surface area contributed by atoms with Gasteiger partial charge in [-0.25, -0.2) is 0 Å². The lowest BCUT2D eigenvalue weighted by Crippen LogP contribution is -2.51. The van der Waals surface area contributed by atoms with E-state index < -0.39 is 5.60 Å². The Hall–Kier alpha value is -0.160. The third-order valence-electron chi connectivity index (χ3n) is 1.96. The summed E-state index contributed by atoms with van der Waals surface area (Å²) in [6.07, 6.45) is -0.138. The molecular weight excluding hydrogens is 134 g/mol. The number of fused-ring (bicyclic) bond motifs is 2. The molecule has 2 rings (SSSR count). The predicted molar refractivity (Wildman–Crippen MR) is 33.5 cm³/mol. The maximum Gasteiger partial charge on any atom is 0.171 e. The summed E-state index contributed by atoms with van der Waals surface area (Å²) >= 11 is 0. The Morgan fingerprint density at radius 2 is 2.60 bits per heavy atom. The molecule has 2 atom stereocenters. The summed E-state index contributed by atoms with van der Waals surface area (Å²) in [4.78, 5) is 0.